The van der Waals surface area contributed by atoms with Crippen LogP contribution in [0.25, 0.3) is 0 Å². The van der Waals surface area contributed by atoms with Crippen LogP contribution in [0.2, 0.25) is 0 Å². The van der Waals surface area contributed by atoms with E-state index in [4.69, 9.17) is 10.4 Å². The van der Waals surface area contributed by atoms with Gasteiger partial charge in [0.15, 0.2) is 0 Å². The molecule has 0 aromatic carbocycles. The largest absolute Gasteiger partial charge is 0.391 e. The highest BCUT2D eigenvalue weighted by atomic mass is 32.2. The Balaban J connectivity index is 2.41. The van der Waals surface area contributed by atoms with Crippen LogP contribution in [-0.2, 0) is 0 Å². The van der Waals surface area contributed by atoms with Gasteiger partial charge in [0.1, 0.15) is 0 Å². The van der Waals surface area contributed by atoms with Gasteiger partial charge in [0.25, 0.3) is 0 Å². The summed E-state index contributed by atoms with van der Waals surface area (Å²) in [6.07, 6.45) is 0.469. The van der Waals surface area contributed by atoms with Crippen molar-refractivity contribution in [1.29, 1.82) is 5.26 Å². The summed E-state index contributed by atoms with van der Waals surface area (Å²) < 4.78 is 0. The van der Waals surface area contributed by atoms with Gasteiger partial charge in [-0.25, -0.2) is 0 Å². The van der Waals surface area contributed by atoms with E-state index in [0.717, 1.165) is 17.9 Å². The maximum atomic E-state index is 9.13. The van der Waals surface area contributed by atoms with Gasteiger partial charge in [0.2, 0.25) is 0 Å². The molecule has 0 bridgehead atoms. The maximum Gasteiger partial charge on any atom is 0.0788 e. The first-order chi connectivity index (χ1) is 4.34. The SMILES string of the molecule is N#CC1CCSCC1O. The molecule has 0 aromatic heterocycles. The molecule has 0 aliphatic carbocycles. The van der Waals surface area contributed by atoms with Crippen LogP contribution in [0.5, 0.6) is 0 Å². The van der Waals surface area contributed by atoms with E-state index in [1.54, 1.807) is 11.8 Å². The second-order valence-electron chi connectivity index (χ2n) is 2.17. The summed E-state index contributed by atoms with van der Waals surface area (Å²) in [5.74, 6) is 1.65. The van der Waals surface area contributed by atoms with Gasteiger partial charge in [0, 0.05) is 5.75 Å². The standard InChI is InChI=1S/C6H9NOS/c7-3-5-1-2-9-4-6(5)8/h5-6,8H,1-2,4H2. The molecule has 3 heteroatoms. The molecule has 1 N–H and O–H groups in total. The summed E-state index contributed by atoms with van der Waals surface area (Å²) in [4.78, 5) is 0. The number of aliphatic hydroxyl groups is 1. The fourth-order valence-electron chi connectivity index (χ4n) is 0.874. The van der Waals surface area contributed by atoms with E-state index >= 15 is 0 Å². The van der Waals surface area contributed by atoms with Crippen molar-refractivity contribution >= 4 is 11.8 Å². The Bertz CT molecular complexity index is 132. The smallest absolute Gasteiger partial charge is 0.0788 e. The first-order valence-electron chi connectivity index (χ1n) is 3.00. The Morgan fingerprint density at radius 1 is 1.67 bits per heavy atom. The molecule has 50 valence electrons. The van der Waals surface area contributed by atoms with Gasteiger partial charge in [-0.3, -0.25) is 0 Å². The first-order valence-corrected chi connectivity index (χ1v) is 4.15. The summed E-state index contributed by atoms with van der Waals surface area (Å²) in [7, 11) is 0. The molecule has 1 aliphatic heterocycles. The third-order valence-electron chi connectivity index (χ3n) is 1.49. The molecule has 2 unspecified atom stereocenters. The molecule has 1 rings (SSSR count). The monoisotopic (exact) mass is 143 g/mol. The zero-order valence-electron chi connectivity index (χ0n) is 5.08. The number of rotatable bonds is 0. The summed E-state index contributed by atoms with van der Waals surface area (Å²) in [5, 5.41) is 17.6. The number of nitriles is 1. The summed E-state index contributed by atoms with van der Waals surface area (Å²) in [6, 6.07) is 2.09. The van der Waals surface area contributed by atoms with Gasteiger partial charge in [-0.05, 0) is 12.2 Å². The van der Waals surface area contributed by atoms with Crippen molar-refractivity contribution in [2.45, 2.75) is 12.5 Å². The fraction of sp³-hybridized carbons (Fsp3) is 0.833. The topological polar surface area (TPSA) is 44.0 Å². The third kappa shape index (κ3) is 1.60. The molecular weight excluding hydrogens is 134 g/mol. The van der Waals surface area contributed by atoms with Crippen molar-refractivity contribution in [1.82, 2.24) is 0 Å². The van der Waals surface area contributed by atoms with Crippen LogP contribution in [-0.4, -0.2) is 22.7 Å². The molecular formula is C6H9NOS. The average molecular weight is 143 g/mol. The molecule has 0 amide bonds. The third-order valence-corrected chi connectivity index (χ3v) is 2.59. The van der Waals surface area contributed by atoms with E-state index < -0.39 is 0 Å². The van der Waals surface area contributed by atoms with Crippen LogP contribution in [0, 0.1) is 17.2 Å². The predicted molar refractivity (Wildman–Crippen MR) is 37.1 cm³/mol. The molecule has 2 nitrogen and oxygen atoms in total. The Morgan fingerprint density at radius 2 is 2.44 bits per heavy atom. The second-order valence-corrected chi connectivity index (χ2v) is 3.32. The molecule has 1 saturated heterocycles. The van der Waals surface area contributed by atoms with Crippen LogP contribution in [0.4, 0.5) is 0 Å². The second kappa shape index (κ2) is 3.09. The van der Waals surface area contributed by atoms with Gasteiger partial charge in [-0.1, -0.05) is 0 Å². The Morgan fingerprint density at radius 3 is 2.89 bits per heavy atom. The van der Waals surface area contributed by atoms with Crippen molar-refractivity contribution in [3.63, 3.8) is 0 Å². The van der Waals surface area contributed by atoms with Crippen molar-refractivity contribution in [3.05, 3.63) is 0 Å². The number of thioether (sulfide) groups is 1. The van der Waals surface area contributed by atoms with Crippen LogP contribution in [0.3, 0.4) is 0 Å². The van der Waals surface area contributed by atoms with E-state index in [-0.39, 0.29) is 12.0 Å². The van der Waals surface area contributed by atoms with Crippen LogP contribution in [0.15, 0.2) is 0 Å². The van der Waals surface area contributed by atoms with Crippen LogP contribution in [0.1, 0.15) is 6.42 Å². The van der Waals surface area contributed by atoms with E-state index in [1.165, 1.54) is 0 Å². The molecule has 2 atom stereocenters. The number of nitrogens with zero attached hydrogens (tertiary/aromatic N) is 1. The zero-order chi connectivity index (χ0) is 6.69. The van der Waals surface area contributed by atoms with Crippen molar-refractivity contribution < 1.29 is 5.11 Å². The molecule has 0 aromatic rings. The lowest BCUT2D eigenvalue weighted by Crippen LogP contribution is -2.26. The van der Waals surface area contributed by atoms with E-state index in [0.29, 0.717) is 0 Å². The Labute approximate surface area is 58.9 Å². The highest BCUT2D eigenvalue weighted by Gasteiger charge is 2.22. The van der Waals surface area contributed by atoms with Crippen molar-refractivity contribution in [3.8, 4) is 6.07 Å². The normalized spacial score (nSPS) is 35.6. The van der Waals surface area contributed by atoms with Crippen molar-refractivity contribution in [2.75, 3.05) is 11.5 Å². The number of hydrogen-bond acceptors (Lipinski definition) is 3. The summed E-state index contributed by atoms with van der Waals surface area (Å²) in [6.45, 7) is 0. The van der Waals surface area contributed by atoms with E-state index in [2.05, 4.69) is 6.07 Å². The molecule has 0 spiro atoms. The highest BCUT2D eigenvalue weighted by Crippen LogP contribution is 2.22. The lowest BCUT2D eigenvalue weighted by Gasteiger charge is -2.20. The first kappa shape index (κ1) is 6.91. The van der Waals surface area contributed by atoms with Crippen LogP contribution >= 0.6 is 11.8 Å². The molecule has 9 heavy (non-hydrogen) atoms. The van der Waals surface area contributed by atoms with Gasteiger partial charge < -0.3 is 5.11 Å². The highest BCUT2D eigenvalue weighted by molar-refractivity contribution is 7.99. The quantitative estimate of drug-likeness (QED) is 0.540. The van der Waals surface area contributed by atoms with Gasteiger partial charge >= 0.3 is 0 Å². The zero-order valence-corrected chi connectivity index (χ0v) is 5.90. The number of aliphatic hydroxyl groups excluding tert-OH is 1. The maximum absolute atomic E-state index is 9.13. The Hall–Kier alpha value is -0.200. The minimum atomic E-state index is -0.381. The molecule has 1 fully saturated rings. The van der Waals surface area contributed by atoms with Crippen molar-refractivity contribution in [2.24, 2.45) is 5.92 Å². The Kier molecular flexibility index (Phi) is 2.38. The minimum Gasteiger partial charge on any atom is -0.391 e. The van der Waals surface area contributed by atoms with E-state index in [1.807, 2.05) is 0 Å². The lowest BCUT2D eigenvalue weighted by molar-refractivity contribution is 0.151. The van der Waals surface area contributed by atoms with Crippen LogP contribution < -0.4 is 0 Å². The predicted octanol–water partition coefficient (Wildman–Crippen LogP) is 0.624. The molecule has 0 saturated carbocycles. The fourth-order valence-corrected chi connectivity index (χ4v) is 1.93. The molecule has 1 aliphatic rings. The van der Waals surface area contributed by atoms with Gasteiger partial charge in [-0.15, -0.1) is 0 Å². The van der Waals surface area contributed by atoms with E-state index in [9.17, 15) is 0 Å². The summed E-state index contributed by atoms with van der Waals surface area (Å²) >= 11 is 1.72. The van der Waals surface area contributed by atoms with Gasteiger partial charge in [0.05, 0.1) is 18.1 Å². The lowest BCUT2D eigenvalue weighted by atomic mass is 10.0. The summed E-state index contributed by atoms with van der Waals surface area (Å²) in [5.41, 5.74) is 0. The van der Waals surface area contributed by atoms with Gasteiger partial charge in [-0.2, -0.15) is 17.0 Å². The molecule has 0 radical (unpaired) electrons. The number of hydrogen-bond donors (Lipinski definition) is 1. The average Bonchev–Trinajstić information content (AvgIpc) is 1.89. The minimum absolute atomic E-state index is 0.105. The molecule has 1 heterocycles.